The lowest BCUT2D eigenvalue weighted by atomic mass is 10.1. The number of nitrogens with zero attached hydrogens (tertiary/aromatic N) is 1. The van der Waals surface area contributed by atoms with E-state index in [1.807, 2.05) is 30.5 Å². The van der Waals surface area contributed by atoms with E-state index in [9.17, 15) is 14.4 Å². The van der Waals surface area contributed by atoms with Crippen molar-refractivity contribution in [3.8, 4) is 0 Å². The molecule has 0 radical (unpaired) electrons. The topological polar surface area (TPSA) is 92.5 Å². The summed E-state index contributed by atoms with van der Waals surface area (Å²) in [6.45, 7) is 0.349. The van der Waals surface area contributed by atoms with Crippen LogP contribution in [-0.4, -0.2) is 30.5 Å². The number of nitrogens with one attached hydrogen (secondary N) is 1. The van der Waals surface area contributed by atoms with E-state index < -0.39 is 11.8 Å². The summed E-state index contributed by atoms with van der Waals surface area (Å²) in [5.74, 6) is -1.22. The maximum Gasteiger partial charge on any atom is 0.248 e. The van der Waals surface area contributed by atoms with Gasteiger partial charge in [-0.05, 0) is 48.7 Å². The van der Waals surface area contributed by atoms with Crippen LogP contribution in [0.3, 0.4) is 0 Å². The molecule has 1 unspecified atom stereocenters. The van der Waals surface area contributed by atoms with Crippen molar-refractivity contribution in [1.29, 1.82) is 0 Å². The second-order valence-corrected chi connectivity index (χ2v) is 6.92. The van der Waals surface area contributed by atoms with Gasteiger partial charge in [0.15, 0.2) is 0 Å². The molecule has 1 fully saturated rings. The van der Waals surface area contributed by atoms with E-state index >= 15 is 0 Å². The number of amides is 3. The van der Waals surface area contributed by atoms with E-state index in [2.05, 4.69) is 5.32 Å². The quantitative estimate of drug-likeness (QED) is 0.792. The van der Waals surface area contributed by atoms with Crippen LogP contribution in [0.25, 0.3) is 0 Å². The summed E-state index contributed by atoms with van der Waals surface area (Å²) >= 11 is 1.60. The highest BCUT2D eigenvalue weighted by Gasteiger charge is 2.35. The molecule has 0 aliphatic carbocycles. The van der Waals surface area contributed by atoms with Gasteiger partial charge in [0, 0.05) is 34.8 Å². The van der Waals surface area contributed by atoms with Crippen molar-refractivity contribution in [2.75, 3.05) is 23.0 Å². The number of nitrogens with two attached hydrogens (primary N) is 1. The normalized spacial score (nSPS) is 16.6. The zero-order valence-corrected chi connectivity index (χ0v) is 15.1. The van der Waals surface area contributed by atoms with E-state index in [1.54, 1.807) is 40.9 Å². The molecule has 2 aromatic carbocycles. The van der Waals surface area contributed by atoms with Crippen LogP contribution >= 0.6 is 11.8 Å². The molecule has 1 saturated heterocycles. The summed E-state index contributed by atoms with van der Waals surface area (Å²) in [7, 11) is 0. The maximum absolute atomic E-state index is 12.5. The molecular weight excluding hydrogens is 350 g/mol. The second-order valence-electron chi connectivity index (χ2n) is 6.04. The number of carbonyl (C=O) groups excluding carboxylic acids is 3. The summed E-state index contributed by atoms with van der Waals surface area (Å²) < 4.78 is 0. The number of rotatable bonds is 5. The van der Waals surface area contributed by atoms with Gasteiger partial charge in [0.05, 0.1) is 5.92 Å². The predicted octanol–water partition coefficient (Wildman–Crippen LogP) is 2.50. The highest BCUT2D eigenvalue weighted by atomic mass is 32.2. The molecule has 6 nitrogen and oxygen atoms in total. The Bertz CT molecular complexity index is 851. The monoisotopic (exact) mass is 369 g/mol. The maximum atomic E-state index is 12.5. The molecule has 26 heavy (non-hydrogen) atoms. The molecule has 1 atom stereocenters. The van der Waals surface area contributed by atoms with Gasteiger partial charge in [-0.3, -0.25) is 14.4 Å². The van der Waals surface area contributed by atoms with Crippen LogP contribution in [0.1, 0.15) is 16.8 Å². The summed E-state index contributed by atoms with van der Waals surface area (Å²) in [5, 5.41) is 2.79. The van der Waals surface area contributed by atoms with Gasteiger partial charge in [0.25, 0.3) is 0 Å². The Balaban J connectivity index is 1.67. The minimum absolute atomic E-state index is 0.0625. The molecule has 0 spiro atoms. The Morgan fingerprint density at radius 1 is 1.19 bits per heavy atom. The van der Waals surface area contributed by atoms with Crippen molar-refractivity contribution in [3.63, 3.8) is 0 Å². The molecule has 1 aliphatic heterocycles. The van der Waals surface area contributed by atoms with Gasteiger partial charge in [-0.15, -0.1) is 11.8 Å². The van der Waals surface area contributed by atoms with Gasteiger partial charge < -0.3 is 16.0 Å². The van der Waals surface area contributed by atoms with Crippen molar-refractivity contribution in [2.45, 2.75) is 11.3 Å². The summed E-state index contributed by atoms with van der Waals surface area (Å²) in [4.78, 5) is 38.6. The molecule has 3 N–H and O–H groups in total. The van der Waals surface area contributed by atoms with Crippen molar-refractivity contribution >= 4 is 40.9 Å². The molecule has 0 saturated carbocycles. The van der Waals surface area contributed by atoms with E-state index in [1.165, 1.54) is 0 Å². The second kappa shape index (κ2) is 7.61. The van der Waals surface area contributed by atoms with Crippen LogP contribution < -0.4 is 16.0 Å². The summed E-state index contributed by atoms with van der Waals surface area (Å²) in [6.07, 6.45) is 2.15. The Labute approximate surface area is 155 Å². The average molecular weight is 369 g/mol. The average Bonchev–Trinajstić information content (AvgIpc) is 3.04. The number of hydrogen-bond acceptors (Lipinski definition) is 4. The SMILES string of the molecule is CSc1cccc(N2CC(C(=O)Nc3ccc(C(N)=O)cc3)CC2=O)c1. The van der Waals surface area contributed by atoms with Crippen molar-refractivity contribution in [2.24, 2.45) is 11.7 Å². The molecular formula is C19H19N3O3S. The van der Waals surface area contributed by atoms with E-state index in [-0.39, 0.29) is 18.2 Å². The number of anilines is 2. The molecule has 134 valence electrons. The number of benzene rings is 2. The first kappa shape index (κ1) is 18.0. The molecule has 1 heterocycles. The Kier molecular flexibility index (Phi) is 5.27. The van der Waals surface area contributed by atoms with Crippen molar-refractivity contribution in [3.05, 3.63) is 54.1 Å². The number of primary amides is 1. The third-order valence-corrected chi connectivity index (χ3v) is 5.02. The lowest BCUT2D eigenvalue weighted by Crippen LogP contribution is -2.28. The van der Waals surface area contributed by atoms with Gasteiger partial charge in [-0.2, -0.15) is 0 Å². The number of carbonyl (C=O) groups is 3. The lowest BCUT2D eigenvalue weighted by molar-refractivity contribution is -0.122. The lowest BCUT2D eigenvalue weighted by Gasteiger charge is -2.17. The van der Waals surface area contributed by atoms with Crippen LogP contribution in [-0.2, 0) is 9.59 Å². The molecule has 3 amide bonds. The van der Waals surface area contributed by atoms with Crippen LogP contribution in [0.4, 0.5) is 11.4 Å². The minimum Gasteiger partial charge on any atom is -0.366 e. The van der Waals surface area contributed by atoms with E-state index in [0.29, 0.717) is 17.8 Å². The fraction of sp³-hybridized carbons (Fsp3) is 0.211. The van der Waals surface area contributed by atoms with Gasteiger partial charge in [0.2, 0.25) is 17.7 Å². The van der Waals surface area contributed by atoms with Gasteiger partial charge in [0.1, 0.15) is 0 Å². The Morgan fingerprint density at radius 3 is 2.58 bits per heavy atom. The fourth-order valence-corrected chi connectivity index (χ4v) is 3.33. The van der Waals surface area contributed by atoms with Gasteiger partial charge in [-0.1, -0.05) is 6.07 Å². The van der Waals surface area contributed by atoms with Gasteiger partial charge in [-0.25, -0.2) is 0 Å². The third kappa shape index (κ3) is 3.88. The van der Waals surface area contributed by atoms with Crippen LogP contribution in [0, 0.1) is 5.92 Å². The van der Waals surface area contributed by atoms with Crippen molar-refractivity contribution < 1.29 is 14.4 Å². The molecule has 3 rings (SSSR count). The van der Waals surface area contributed by atoms with Crippen LogP contribution in [0.2, 0.25) is 0 Å². The third-order valence-electron chi connectivity index (χ3n) is 4.30. The molecule has 2 aromatic rings. The molecule has 7 heteroatoms. The smallest absolute Gasteiger partial charge is 0.248 e. The van der Waals surface area contributed by atoms with E-state index in [0.717, 1.165) is 10.6 Å². The first-order valence-corrected chi connectivity index (χ1v) is 9.35. The largest absolute Gasteiger partial charge is 0.366 e. The highest BCUT2D eigenvalue weighted by molar-refractivity contribution is 7.98. The van der Waals surface area contributed by atoms with Crippen molar-refractivity contribution in [1.82, 2.24) is 0 Å². The van der Waals surface area contributed by atoms with Crippen LogP contribution in [0.5, 0.6) is 0 Å². The predicted molar refractivity (Wildman–Crippen MR) is 102 cm³/mol. The molecule has 1 aliphatic rings. The van der Waals surface area contributed by atoms with E-state index in [4.69, 9.17) is 5.73 Å². The Morgan fingerprint density at radius 2 is 1.92 bits per heavy atom. The molecule has 0 bridgehead atoms. The Hall–Kier alpha value is -2.80. The zero-order valence-electron chi connectivity index (χ0n) is 14.3. The molecule has 0 aromatic heterocycles. The fourth-order valence-electron chi connectivity index (χ4n) is 2.87. The minimum atomic E-state index is -0.521. The van der Waals surface area contributed by atoms with Crippen LogP contribution in [0.15, 0.2) is 53.4 Å². The highest BCUT2D eigenvalue weighted by Crippen LogP contribution is 2.28. The number of thioether (sulfide) groups is 1. The first-order chi connectivity index (χ1) is 12.5. The standard InChI is InChI=1S/C19H19N3O3S/c1-26-16-4-2-3-15(10-16)22-11-13(9-17(22)23)19(25)21-14-7-5-12(6-8-14)18(20)24/h2-8,10,13H,9,11H2,1H3,(H2,20,24)(H,21,25). The summed E-state index contributed by atoms with van der Waals surface area (Å²) in [5.41, 5.74) is 6.95. The van der Waals surface area contributed by atoms with Gasteiger partial charge >= 0.3 is 0 Å². The first-order valence-electron chi connectivity index (χ1n) is 8.13. The summed E-state index contributed by atoms with van der Waals surface area (Å²) in [6, 6.07) is 14.1. The zero-order chi connectivity index (χ0) is 18.7. The number of hydrogen-bond donors (Lipinski definition) is 2.